The number of hydrogen-bond donors (Lipinski definition) is 0. The first kappa shape index (κ1) is 9.61. The van der Waals surface area contributed by atoms with Gasteiger partial charge in [-0.3, -0.25) is 0 Å². The van der Waals surface area contributed by atoms with Gasteiger partial charge in [0.05, 0.1) is 22.8 Å². The summed E-state index contributed by atoms with van der Waals surface area (Å²) in [7, 11) is 0. The van der Waals surface area contributed by atoms with E-state index in [1.807, 2.05) is 48.7 Å². The summed E-state index contributed by atoms with van der Waals surface area (Å²) in [6.07, 6.45) is 1.96. The normalized spacial score (nSPS) is 10.3. The molecule has 80 valence electrons. The average molecular weight is 219 g/mol. The van der Waals surface area contributed by atoms with E-state index in [4.69, 9.17) is 5.26 Å². The van der Waals surface area contributed by atoms with Gasteiger partial charge in [-0.05, 0) is 24.3 Å². The van der Waals surface area contributed by atoms with Crippen molar-refractivity contribution < 1.29 is 0 Å². The van der Waals surface area contributed by atoms with Crippen LogP contribution in [0.1, 0.15) is 5.56 Å². The van der Waals surface area contributed by atoms with Crippen molar-refractivity contribution in [3.8, 4) is 11.8 Å². The number of rotatable bonds is 1. The van der Waals surface area contributed by atoms with Crippen LogP contribution in [0.25, 0.3) is 16.6 Å². The quantitative estimate of drug-likeness (QED) is 0.631. The van der Waals surface area contributed by atoms with Crippen molar-refractivity contribution in [2.24, 2.45) is 0 Å². The Morgan fingerprint density at radius 1 is 1.06 bits per heavy atom. The second kappa shape index (κ2) is 3.76. The lowest BCUT2D eigenvalue weighted by atomic mass is 10.2. The van der Waals surface area contributed by atoms with Gasteiger partial charge in [-0.1, -0.05) is 24.3 Å². The first-order valence-corrected chi connectivity index (χ1v) is 5.32. The van der Waals surface area contributed by atoms with Gasteiger partial charge in [0, 0.05) is 11.6 Å². The predicted octanol–water partition coefficient (Wildman–Crippen LogP) is 2.90. The van der Waals surface area contributed by atoms with Crippen molar-refractivity contribution in [3.05, 3.63) is 60.3 Å². The Morgan fingerprint density at radius 2 is 1.94 bits per heavy atom. The van der Waals surface area contributed by atoms with Crippen molar-refractivity contribution in [3.63, 3.8) is 0 Å². The maximum atomic E-state index is 8.87. The van der Waals surface area contributed by atoms with E-state index >= 15 is 0 Å². The lowest BCUT2D eigenvalue weighted by molar-refractivity contribution is 0.896. The van der Waals surface area contributed by atoms with Crippen LogP contribution in [-0.4, -0.2) is 9.78 Å². The van der Waals surface area contributed by atoms with E-state index in [-0.39, 0.29) is 0 Å². The molecule has 3 nitrogen and oxygen atoms in total. The number of fused-ring (bicyclic) bond motifs is 1. The number of hydrogen-bond acceptors (Lipinski definition) is 2. The maximum absolute atomic E-state index is 8.87. The fraction of sp³-hybridized carbons (Fsp3) is 0. The molecule has 0 radical (unpaired) electrons. The topological polar surface area (TPSA) is 41.6 Å². The molecule has 1 heterocycles. The Morgan fingerprint density at radius 3 is 2.76 bits per heavy atom. The SMILES string of the molecule is N#Cc1cccc(-n2cc3ccccc3n2)c1. The van der Waals surface area contributed by atoms with E-state index in [0.717, 1.165) is 16.6 Å². The highest BCUT2D eigenvalue weighted by Crippen LogP contribution is 2.15. The molecule has 0 amide bonds. The summed E-state index contributed by atoms with van der Waals surface area (Å²) in [5.41, 5.74) is 2.50. The minimum atomic E-state index is 0.641. The van der Waals surface area contributed by atoms with E-state index in [2.05, 4.69) is 11.2 Å². The first-order chi connectivity index (χ1) is 8.36. The fourth-order valence-electron chi connectivity index (χ4n) is 1.81. The third kappa shape index (κ3) is 1.66. The Bertz CT molecular complexity index is 686. The molecule has 1 aromatic heterocycles. The molecule has 0 aliphatic heterocycles. The van der Waals surface area contributed by atoms with Crippen molar-refractivity contribution in [1.82, 2.24) is 9.78 Å². The molecule has 0 unspecified atom stereocenters. The summed E-state index contributed by atoms with van der Waals surface area (Å²) >= 11 is 0. The maximum Gasteiger partial charge on any atom is 0.0992 e. The van der Waals surface area contributed by atoms with Crippen LogP contribution in [0.5, 0.6) is 0 Å². The first-order valence-electron chi connectivity index (χ1n) is 5.32. The van der Waals surface area contributed by atoms with Crippen molar-refractivity contribution in [2.45, 2.75) is 0 Å². The third-order valence-corrected chi connectivity index (χ3v) is 2.65. The molecule has 0 N–H and O–H groups in total. The monoisotopic (exact) mass is 219 g/mol. The summed E-state index contributed by atoms with van der Waals surface area (Å²) in [5, 5.41) is 14.4. The standard InChI is InChI=1S/C14H9N3/c15-9-11-4-3-6-13(8-11)17-10-12-5-1-2-7-14(12)16-17/h1-8,10H. The van der Waals surface area contributed by atoms with Gasteiger partial charge in [0.15, 0.2) is 0 Å². The van der Waals surface area contributed by atoms with Crippen LogP contribution in [0.4, 0.5) is 0 Å². The van der Waals surface area contributed by atoms with Gasteiger partial charge in [-0.15, -0.1) is 0 Å². The molecule has 0 bridgehead atoms. The van der Waals surface area contributed by atoms with E-state index in [9.17, 15) is 0 Å². The lowest BCUT2D eigenvalue weighted by Crippen LogP contribution is -1.94. The van der Waals surface area contributed by atoms with E-state index < -0.39 is 0 Å². The van der Waals surface area contributed by atoms with Crippen LogP contribution in [0.3, 0.4) is 0 Å². The summed E-state index contributed by atoms with van der Waals surface area (Å²) in [6.45, 7) is 0. The summed E-state index contributed by atoms with van der Waals surface area (Å²) in [4.78, 5) is 0. The highest BCUT2D eigenvalue weighted by atomic mass is 15.3. The predicted molar refractivity (Wildman–Crippen MR) is 65.8 cm³/mol. The molecule has 0 aliphatic carbocycles. The average Bonchev–Trinajstić information content (AvgIpc) is 2.82. The Kier molecular flexibility index (Phi) is 2.13. The molecule has 0 atom stereocenters. The molecule has 3 aromatic rings. The lowest BCUT2D eigenvalue weighted by Gasteiger charge is -2.00. The van der Waals surface area contributed by atoms with Crippen LogP contribution < -0.4 is 0 Å². The van der Waals surface area contributed by atoms with Crippen molar-refractivity contribution in [2.75, 3.05) is 0 Å². The number of nitrogens with zero attached hydrogens (tertiary/aromatic N) is 3. The smallest absolute Gasteiger partial charge is 0.0992 e. The minimum Gasteiger partial charge on any atom is -0.240 e. The van der Waals surface area contributed by atoms with Gasteiger partial charge in [0.1, 0.15) is 0 Å². The van der Waals surface area contributed by atoms with Crippen LogP contribution >= 0.6 is 0 Å². The molecule has 0 saturated heterocycles. The minimum absolute atomic E-state index is 0.641. The number of benzene rings is 2. The van der Waals surface area contributed by atoms with Gasteiger partial charge in [-0.2, -0.15) is 10.4 Å². The van der Waals surface area contributed by atoms with Crippen LogP contribution in [0.2, 0.25) is 0 Å². The zero-order valence-electron chi connectivity index (χ0n) is 9.04. The molecule has 0 saturated carbocycles. The van der Waals surface area contributed by atoms with Crippen LogP contribution in [0, 0.1) is 11.3 Å². The highest BCUT2D eigenvalue weighted by Gasteiger charge is 2.02. The summed E-state index contributed by atoms with van der Waals surface area (Å²) < 4.78 is 1.80. The second-order valence-electron chi connectivity index (χ2n) is 3.79. The van der Waals surface area contributed by atoms with Crippen molar-refractivity contribution in [1.29, 1.82) is 5.26 Å². The van der Waals surface area contributed by atoms with E-state index in [0.29, 0.717) is 5.56 Å². The molecule has 0 spiro atoms. The summed E-state index contributed by atoms with van der Waals surface area (Å²) in [5.74, 6) is 0. The molecule has 3 heteroatoms. The largest absolute Gasteiger partial charge is 0.240 e. The van der Waals surface area contributed by atoms with Crippen LogP contribution in [-0.2, 0) is 0 Å². The highest BCUT2D eigenvalue weighted by molar-refractivity contribution is 5.78. The van der Waals surface area contributed by atoms with E-state index in [1.165, 1.54) is 0 Å². The van der Waals surface area contributed by atoms with Gasteiger partial charge in [0.25, 0.3) is 0 Å². The fourth-order valence-corrected chi connectivity index (χ4v) is 1.81. The molecule has 0 aliphatic rings. The molecule has 0 fully saturated rings. The van der Waals surface area contributed by atoms with Gasteiger partial charge in [-0.25, -0.2) is 4.68 Å². The Balaban J connectivity index is 2.17. The summed E-state index contributed by atoms with van der Waals surface area (Å²) in [6, 6.07) is 17.5. The molecular formula is C14H9N3. The second-order valence-corrected chi connectivity index (χ2v) is 3.79. The third-order valence-electron chi connectivity index (χ3n) is 2.65. The molecular weight excluding hydrogens is 210 g/mol. The zero-order valence-corrected chi connectivity index (χ0v) is 9.04. The van der Waals surface area contributed by atoms with E-state index in [1.54, 1.807) is 10.7 Å². The zero-order chi connectivity index (χ0) is 11.7. The Labute approximate surface area is 98.5 Å². The molecule has 3 rings (SSSR count). The number of aromatic nitrogens is 2. The molecule has 2 aromatic carbocycles. The molecule has 17 heavy (non-hydrogen) atoms. The van der Waals surface area contributed by atoms with Crippen LogP contribution in [0.15, 0.2) is 54.7 Å². The van der Waals surface area contributed by atoms with Crippen molar-refractivity contribution >= 4 is 10.9 Å². The van der Waals surface area contributed by atoms with Gasteiger partial charge >= 0.3 is 0 Å². The van der Waals surface area contributed by atoms with Gasteiger partial charge < -0.3 is 0 Å². The van der Waals surface area contributed by atoms with Gasteiger partial charge in [0.2, 0.25) is 0 Å². The Hall–Kier alpha value is -2.60. The number of nitriles is 1.